The summed E-state index contributed by atoms with van der Waals surface area (Å²) >= 11 is 7.85. The van der Waals surface area contributed by atoms with Crippen molar-refractivity contribution < 1.29 is 23.5 Å². The molecule has 1 aliphatic carbocycles. The normalized spacial score (nSPS) is 14.6. The third-order valence-electron chi connectivity index (χ3n) is 7.18. The molecule has 0 bridgehead atoms. The summed E-state index contributed by atoms with van der Waals surface area (Å²) in [6.45, 7) is 7.53. The zero-order valence-corrected chi connectivity index (χ0v) is 24.4. The van der Waals surface area contributed by atoms with Crippen molar-refractivity contribution in [3.8, 4) is 17.1 Å². The van der Waals surface area contributed by atoms with E-state index in [1.165, 1.54) is 11.3 Å². The summed E-state index contributed by atoms with van der Waals surface area (Å²) in [7, 11) is 0. The molecule has 9 heteroatoms. The average molecular weight is 580 g/mol. The van der Waals surface area contributed by atoms with Crippen molar-refractivity contribution in [2.45, 2.75) is 47.0 Å². The molecule has 4 aromatic rings. The third kappa shape index (κ3) is 5.38. The summed E-state index contributed by atoms with van der Waals surface area (Å²) in [4.78, 5) is 40.7. The molecule has 1 N–H and O–H groups in total. The summed E-state index contributed by atoms with van der Waals surface area (Å²) < 4.78 is 17.3. The first-order valence-electron chi connectivity index (χ1n) is 13.2. The number of anilines is 1. The van der Waals surface area contributed by atoms with Gasteiger partial charge in [-0.1, -0.05) is 30.7 Å². The van der Waals surface area contributed by atoms with Gasteiger partial charge < -0.3 is 19.2 Å². The molecular weight excluding hydrogens is 550 g/mol. The van der Waals surface area contributed by atoms with Gasteiger partial charge >= 0.3 is 5.97 Å². The molecule has 2 heterocycles. The Hall–Kier alpha value is -3.62. The molecule has 1 unspecified atom stereocenters. The Kier molecular flexibility index (Phi) is 8.01. The number of amides is 1. The summed E-state index contributed by atoms with van der Waals surface area (Å²) in [5, 5.41) is 3.99. The van der Waals surface area contributed by atoms with Gasteiger partial charge in [-0.05, 0) is 86.9 Å². The molecule has 0 saturated heterocycles. The molecule has 0 saturated carbocycles. The van der Waals surface area contributed by atoms with Crippen molar-refractivity contribution >= 4 is 50.8 Å². The van der Waals surface area contributed by atoms with Crippen LogP contribution in [0.5, 0.6) is 5.75 Å². The van der Waals surface area contributed by atoms with E-state index >= 15 is 0 Å². The maximum Gasteiger partial charge on any atom is 0.341 e. The topological polar surface area (TPSA) is 94.8 Å². The van der Waals surface area contributed by atoms with Gasteiger partial charge in [-0.3, -0.25) is 9.59 Å². The monoisotopic (exact) mass is 579 g/mol. The largest absolute Gasteiger partial charge is 0.476 e. The lowest BCUT2D eigenvalue weighted by Crippen LogP contribution is -2.23. The highest BCUT2D eigenvalue weighted by molar-refractivity contribution is 7.17. The second-order valence-corrected chi connectivity index (χ2v) is 11.6. The van der Waals surface area contributed by atoms with E-state index in [9.17, 15) is 14.4 Å². The maximum atomic E-state index is 13.6. The molecule has 40 heavy (non-hydrogen) atoms. The number of carbonyl (C=O) groups excluding carboxylic acids is 2. The molecule has 0 radical (unpaired) electrons. The lowest BCUT2D eigenvalue weighted by atomic mass is 9.88. The Morgan fingerprint density at radius 2 is 1.93 bits per heavy atom. The van der Waals surface area contributed by atoms with Crippen LogP contribution in [0.2, 0.25) is 5.02 Å². The van der Waals surface area contributed by atoms with Gasteiger partial charge in [0.05, 0.1) is 22.6 Å². The smallest absolute Gasteiger partial charge is 0.341 e. The highest BCUT2D eigenvalue weighted by atomic mass is 35.5. The van der Waals surface area contributed by atoms with Crippen LogP contribution >= 0.6 is 22.9 Å². The predicted molar refractivity (Wildman–Crippen MR) is 158 cm³/mol. The summed E-state index contributed by atoms with van der Waals surface area (Å²) in [6, 6.07) is 10.5. The van der Waals surface area contributed by atoms with Crippen LogP contribution in [-0.4, -0.2) is 25.1 Å². The minimum atomic E-state index is -0.512. The summed E-state index contributed by atoms with van der Waals surface area (Å²) in [5.74, 6) is -0.429. The van der Waals surface area contributed by atoms with E-state index in [-0.39, 0.29) is 18.1 Å². The summed E-state index contributed by atoms with van der Waals surface area (Å²) in [5.41, 5.74) is 3.73. The number of rotatable bonds is 7. The minimum Gasteiger partial charge on any atom is -0.476 e. The number of ether oxygens (including phenoxy) is 2. The highest BCUT2D eigenvalue weighted by Gasteiger charge is 2.29. The molecule has 2 aromatic heterocycles. The van der Waals surface area contributed by atoms with Crippen LogP contribution in [-0.2, 0) is 22.4 Å². The van der Waals surface area contributed by atoms with E-state index in [4.69, 9.17) is 25.5 Å². The first-order chi connectivity index (χ1) is 19.2. The number of benzene rings is 2. The fraction of sp³-hybridized carbons (Fsp3) is 0.323. The maximum absolute atomic E-state index is 13.6. The standard InChI is InChI=1S/C31H30ClNO6S/c1-5-37-31(36)26-20-11-10-16(2)12-24(20)40-30(26)33-25(34)15-38-29-27(35)21-13-17(3)18(4)14-23(21)39-28(29)19-8-6-7-9-22(19)32/h6-9,13-14,16H,5,10-12,15H2,1-4H3,(H,33,34). The summed E-state index contributed by atoms with van der Waals surface area (Å²) in [6.07, 6.45) is 2.57. The Balaban J connectivity index is 1.48. The number of hydrogen-bond acceptors (Lipinski definition) is 7. The number of nitrogens with one attached hydrogen (secondary N) is 1. The van der Waals surface area contributed by atoms with Crippen LogP contribution in [0.1, 0.15) is 52.2 Å². The van der Waals surface area contributed by atoms with Gasteiger partial charge in [0, 0.05) is 10.4 Å². The van der Waals surface area contributed by atoms with Crippen LogP contribution in [0, 0.1) is 19.8 Å². The lowest BCUT2D eigenvalue weighted by Gasteiger charge is -2.18. The number of halogens is 1. The zero-order chi connectivity index (χ0) is 28.6. The molecule has 2 aromatic carbocycles. The van der Waals surface area contributed by atoms with Crippen molar-refractivity contribution in [3.05, 3.63) is 78.8 Å². The molecule has 208 valence electrons. The van der Waals surface area contributed by atoms with Gasteiger partial charge in [-0.15, -0.1) is 11.3 Å². The molecule has 7 nitrogen and oxygen atoms in total. The third-order valence-corrected chi connectivity index (χ3v) is 8.67. The van der Waals surface area contributed by atoms with Crippen molar-refractivity contribution in [1.29, 1.82) is 0 Å². The first-order valence-corrected chi connectivity index (χ1v) is 14.4. The van der Waals surface area contributed by atoms with Crippen molar-refractivity contribution in [1.82, 2.24) is 0 Å². The molecular formula is C31H30ClNO6S. The van der Waals surface area contributed by atoms with Gasteiger partial charge in [0.25, 0.3) is 5.91 Å². The van der Waals surface area contributed by atoms with E-state index in [1.807, 2.05) is 13.8 Å². The Morgan fingerprint density at radius 3 is 2.67 bits per heavy atom. The van der Waals surface area contributed by atoms with Gasteiger partial charge in [0.15, 0.2) is 12.4 Å². The zero-order valence-electron chi connectivity index (χ0n) is 22.8. The van der Waals surface area contributed by atoms with Crippen LogP contribution in [0.4, 0.5) is 5.00 Å². The number of carbonyl (C=O) groups is 2. The van der Waals surface area contributed by atoms with Gasteiger partial charge in [0.2, 0.25) is 11.2 Å². The lowest BCUT2D eigenvalue weighted by molar-refractivity contribution is -0.118. The Labute approximate surface area is 241 Å². The van der Waals surface area contributed by atoms with Crippen LogP contribution in [0.15, 0.2) is 45.6 Å². The quantitative estimate of drug-likeness (QED) is 0.234. The molecule has 1 amide bonds. The van der Waals surface area contributed by atoms with E-state index < -0.39 is 23.9 Å². The van der Waals surface area contributed by atoms with Gasteiger partial charge in [0.1, 0.15) is 10.6 Å². The van der Waals surface area contributed by atoms with E-state index in [2.05, 4.69) is 12.2 Å². The molecule has 1 aliphatic rings. The molecule has 5 rings (SSSR count). The predicted octanol–water partition coefficient (Wildman–Crippen LogP) is 7.11. The molecule has 1 atom stereocenters. The first kappa shape index (κ1) is 27.9. The molecule has 0 fully saturated rings. The van der Waals surface area contributed by atoms with Gasteiger partial charge in [-0.2, -0.15) is 0 Å². The van der Waals surface area contributed by atoms with Crippen LogP contribution < -0.4 is 15.5 Å². The minimum absolute atomic E-state index is 0.107. The van der Waals surface area contributed by atoms with E-state index in [1.54, 1.807) is 43.3 Å². The van der Waals surface area contributed by atoms with Crippen molar-refractivity contribution in [3.63, 3.8) is 0 Å². The molecule has 0 aliphatic heterocycles. The fourth-order valence-corrected chi connectivity index (χ4v) is 6.58. The van der Waals surface area contributed by atoms with Crippen molar-refractivity contribution in [2.75, 3.05) is 18.5 Å². The second-order valence-electron chi connectivity index (χ2n) is 10.1. The number of thiophene rings is 1. The van der Waals surface area contributed by atoms with Gasteiger partial charge in [-0.25, -0.2) is 4.79 Å². The fourth-order valence-electron chi connectivity index (χ4n) is 4.95. The second kappa shape index (κ2) is 11.5. The van der Waals surface area contributed by atoms with Crippen LogP contribution in [0.3, 0.4) is 0 Å². The number of esters is 1. The van der Waals surface area contributed by atoms with Crippen LogP contribution in [0.25, 0.3) is 22.3 Å². The average Bonchev–Trinajstić information content (AvgIpc) is 3.26. The number of fused-ring (bicyclic) bond motifs is 2. The van der Waals surface area contributed by atoms with E-state index in [0.717, 1.165) is 40.8 Å². The number of hydrogen-bond donors (Lipinski definition) is 1. The number of aryl methyl sites for hydroxylation is 2. The highest BCUT2D eigenvalue weighted by Crippen LogP contribution is 2.40. The van der Waals surface area contributed by atoms with E-state index in [0.29, 0.717) is 38.0 Å². The van der Waals surface area contributed by atoms with Crippen molar-refractivity contribution in [2.24, 2.45) is 5.92 Å². The SMILES string of the molecule is CCOC(=O)c1c(NC(=O)COc2c(-c3ccccc3Cl)oc3cc(C)c(C)cc3c2=O)sc2c1CCC(C)C2. The Bertz CT molecular complexity index is 1690. The molecule has 0 spiro atoms. The Morgan fingerprint density at radius 1 is 1.18 bits per heavy atom.